The Morgan fingerprint density at radius 2 is 2.29 bits per heavy atom. The number of H-pyrrole nitrogens is 1. The van der Waals surface area contributed by atoms with E-state index in [0.717, 1.165) is 12.1 Å². The molecule has 2 N–H and O–H groups in total. The molecule has 1 amide bonds. The second-order valence-electron chi connectivity index (χ2n) is 3.94. The Bertz CT molecular complexity index is 442. The van der Waals surface area contributed by atoms with Crippen molar-refractivity contribution in [1.82, 2.24) is 10.3 Å². The normalized spacial score (nSPS) is 12.2. The molecule has 5 heteroatoms. The SMILES string of the molecule is CCC(Cl)CCNC(=O)c1c[nH]c(C)cc1=O. The highest BCUT2D eigenvalue weighted by Crippen LogP contribution is 2.04. The van der Waals surface area contributed by atoms with Gasteiger partial charge in [-0.15, -0.1) is 11.6 Å². The molecule has 1 aromatic rings. The van der Waals surface area contributed by atoms with Crippen LogP contribution in [0.2, 0.25) is 0 Å². The van der Waals surface area contributed by atoms with Gasteiger partial charge in [0.05, 0.1) is 0 Å². The van der Waals surface area contributed by atoms with E-state index >= 15 is 0 Å². The van der Waals surface area contributed by atoms with E-state index in [1.807, 2.05) is 6.92 Å². The van der Waals surface area contributed by atoms with Crippen molar-refractivity contribution in [2.75, 3.05) is 6.54 Å². The number of alkyl halides is 1. The molecule has 0 bridgehead atoms. The van der Waals surface area contributed by atoms with Gasteiger partial charge in [-0.05, 0) is 19.8 Å². The minimum atomic E-state index is -0.355. The lowest BCUT2D eigenvalue weighted by atomic mass is 10.2. The van der Waals surface area contributed by atoms with Crippen LogP contribution in [-0.4, -0.2) is 22.8 Å². The zero-order valence-corrected chi connectivity index (χ0v) is 10.8. The molecule has 0 aliphatic heterocycles. The Morgan fingerprint density at radius 1 is 1.59 bits per heavy atom. The number of amides is 1. The van der Waals surface area contributed by atoms with E-state index in [4.69, 9.17) is 11.6 Å². The third kappa shape index (κ3) is 4.23. The number of aromatic amines is 1. The van der Waals surface area contributed by atoms with Gasteiger partial charge in [0.2, 0.25) is 0 Å². The number of rotatable bonds is 5. The molecule has 0 fully saturated rings. The second kappa shape index (κ2) is 6.45. The fourth-order valence-corrected chi connectivity index (χ4v) is 1.50. The van der Waals surface area contributed by atoms with E-state index in [1.54, 1.807) is 6.92 Å². The molecule has 1 heterocycles. The molecule has 1 aromatic heterocycles. The van der Waals surface area contributed by atoms with Gasteiger partial charge < -0.3 is 10.3 Å². The zero-order chi connectivity index (χ0) is 12.8. The number of carbonyl (C=O) groups is 1. The van der Waals surface area contributed by atoms with Crippen molar-refractivity contribution in [3.63, 3.8) is 0 Å². The maximum atomic E-state index is 11.7. The fourth-order valence-electron chi connectivity index (χ4n) is 1.39. The van der Waals surface area contributed by atoms with Crippen molar-refractivity contribution in [2.24, 2.45) is 0 Å². The maximum Gasteiger partial charge on any atom is 0.256 e. The number of pyridine rings is 1. The van der Waals surface area contributed by atoms with Gasteiger partial charge in [-0.3, -0.25) is 9.59 Å². The van der Waals surface area contributed by atoms with Gasteiger partial charge in [0.1, 0.15) is 5.56 Å². The summed E-state index contributed by atoms with van der Waals surface area (Å²) in [4.78, 5) is 26.0. The summed E-state index contributed by atoms with van der Waals surface area (Å²) in [7, 11) is 0. The summed E-state index contributed by atoms with van der Waals surface area (Å²) >= 11 is 5.93. The molecule has 0 radical (unpaired) electrons. The number of aryl methyl sites for hydroxylation is 1. The molecular weight excluding hydrogens is 240 g/mol. The highest BCUT2D eigenvalue weighted by molar-refractivity contribution is 6.20. The number of hydrogen-bond donors (Lipinski definition) is 2. The van der Waals surface area contributed by atoms with Gasteiger partial charge in [0.15, 0.2) is 5.43 Å². The van der Waals surface area contributed by atoms with Crippen LogP contribution in [0, 0.1) is 6.92 Å². The van der Waals surface area contributed by atoms with Crippen LogP contribution in [-0.2, 0) is 0 Å². The lowest BCUT2D eigenvalue weighted by molar-refractivity contribution is 0.0951. The molecule has 4 nitrogen and oxygen atoms in total. The van der Waals surface area contributed by atoms with Crippen molar-refractivity contribution in [3.8, 4) is 0 Å². The molecule has 17 heavy (non-hydrogen) atoms. The Morgan fingerprint density at radius 3 is 2.88 bits per heavy atom. The first-order chi connectivity index (χ1) is 8.04. The number of aromatic nitrogens is 1. The summed E-state index contributed by atoms with van der Waals surface area (Å²) in [6.07, 6.45) is 3.00. The van der Waals surface area contributed by atoms with Gasteiger partial charge in [-0.25, -0.2) is 0 Å². The smallest absolute Gasteiger partial charge is 0.256 e. The lowest BCUT2D eigenvalue weighted by Crippen LogP contribution is -2.30. The van der Waals surface area contributed by atoms with Crippen molar-refractivity contribution in [2.45, 2.75) is 32.1 Å². The van der Waals surface area contributed by atoms with E-state index in [1.165, 1.54) is 12.3 Å². The number of hydrogen-bond acceptors (Lipinski definition) is 2. The number of carbonyl (C=O) groups excluding carboxylic acids is 1. The summed E-state index contributed by atoms with van der Waals surface area (Å²) in [6, 6.07) is 1.41. The average molecular weight is 257 g/mol. The molecule has 0 aliphatic carbocycles. The summed E-state index contributed by atoms with van der Waals surface area (Å²) in [5, 5.41) is 2.74. The molecule has 0 spiro atoms. The summed E-state index contributed by atoms with van der Waals surface area (Å²) in [5.41, 5.74) is 0.605. The van der Waals surface area contributed by atoms with Gasteiger partial charge in [0, 0.05) is 29.9 Å². The third-order valence-corrected chi connectivity index (χ3v) is 3.01. The average Bonchev–Trinajstić information content (AvgIpc) is 2.28. The highest BCUT2D eigenvalue weighted by Gasteiger charge is 2.10. The fraction of sp³-hybridized carbons (Fsp3) is 0.500. The quantitative estimate of drug-likeness (QED) is 0.790. The van der Waals surface area contributed by atoms with Crippen LogP contribution < -0.4 is 10.7 Å². The Hall–Kier alpha value is -1.29. The molecule has 1 rings (SSSR count). The van der Waals surface area contributed by atoms with Crippen molar-refractivity contribution in [3.05, 3.63) is 33.7 Å². The van der Waals surface area contributed by atoms with Gasteiger partial charge in [-0.1, -0.05) is 6.92 Å². The van der Waals surface area contributed by atoms with E-state index < -0.39 is 0 Å². The molecule has 0 saturated heterocycles. The number of halogens is 1. The van der Waals surface area contributed by atoms with Crippen LogP contribution in [0.4, 0.5) is 0 Å². The van der Waals surface area contributed by atoms with E-state index in [2.05, 4.69) is 10.3 Å². The van der Waals surface area contributed by atoms with Crippen LogP contribution >= 0.6 is 11.6 Å². The Kier molecular flexibility index (Phi) is 5.22. The molecule has 94 valence electrons. The first-order valence-electron chi connectivity index (χ1n) is 5.66. The number of nitrogens with one attached hydrogen (secondary N) is 2. The van der Waals surface area contributed by atoms with Gasteiger partial charge in [-0.2, -0.15) is 0 Å². The van der Waals surface area contributed by atoms with E-state index in [9.17, 15) is 9.59 Å². The monoisotopic (exact) mass is 256 g/mol. The first kappa shape index (κ1) is 13.8. The topological polar surface area (TPSA) is 62.0 Å². The largest absolute Gasteiger partial charge is 0.364 e. The van der Waals surface area contributed by atoms with Crippen LogP contribution in [0.3, 0.4) is 0 Å². The minimum absolute atomic E-state index is 0.0617. The summed E-state index contributed by atoms with van der Waals surface area (Å²) in [5.74, 6) is -0.355. The molecule has 1 unspecified atom stereocenters. The molecular formula is C12H17ClN2O2. The lowest BCUT2D eigenvalue weighted by Gasteiger charge is -2.07. The van der Waals surface area contributed by atoms with Crippen molar-refractivity contribution < 1.29 is 4.79 Å². The Balaban J connectivity index is 2.56. The summed E-state index contributed by atoms with van der Waals surface area (Å²) in [6.45, 7) is 4.24. The van der Waals surface area contributed by atoms with Crippen molar-refractivity contribution >= 4 is 17.5 Å². The highest BCUT2D eigenvalue weighted by atomic mass is 35.5. The van der Waals surface area contributed by atoms with Gasteiger partial charge in [0.25, 0.3) is 5.91 Å². The molecule has 0 saturated carbocycles. The van der Waals surface area contributed by atoms with Crippen molar-refractivity contribution in [1.29, 1.82) is 0 Å². The van der Waals surface area contributed by atoms with Crippen LogP contribution in [0.1, 0.15) is 35.8 Å². The van der Waals surface area contributed by atoms with E-state index in [0.29, 0.717) is 13.0 Å². The molecule has 0 aromatic carbocycles. The summed E-state index contributed by atoms with van der Waals surface area (Å²) < 4.78 is 0. The van der Waals surface area contributed by atoms with E-state index in [-0.39, 0.29) is 22.3 Å². The predicted octanol–water partition coefficient (Wildman–Crippen LogP) is 1.82. The molecule has 0 aliphatic rings. The standard InChI is InChI=1S/C12H17ClN2O2/c1-3-9(13)4-5-14-12(17)10-7-15-8(2)6-11(10)16/h6-7,9H,3-5H2,1-2H3,(H,14,17)(H,15,16). The minimum Gasteiger partial charge on any atom is -0.364 e. The first-order valence-corrected chi connectivity index (χ1v) is 6.09. The van der Waals surface area contributed by atoms with Crippen LogP contribution in [0.15, 0.2) is 17.1 Å². The van der Waals surface area contributed by atoms with Gasteiger partial charge >= 0.3 is 0 Å². The predicted molar refractivity (Wildman–Crippen MR) is 68.7 cm³/mol. The second-order valence-corrected chi connectivity index (χ2v) is 4.56. The third-order valence-electron chi connectivity index (χ3n) is 2.49. The Labute approximate surface area is 105 Å². The van der Waals surface area contributed by atoms with Crippen LogP contribution in [0.25, 0.3) is 0 Å². The van der Waals surface area contributed by atoms with Crippen LogP contribution in [0.5, 0.6) is 0 Å². The maximum absolute atomic E-state index is 11.7. The zero-order valence-electron chi connectivity index (χ0n) is 10.0. The molecule has 1 atom stereocenters.